The Bertz CT molecular complexity index is 678. The van der Waals surface area contributed by atoms with Crippen LogP contribution in [0.15, 0.2) is 53.8 Å². The summed E-state index contributed by atoms with van der Waals surface area (Å²) in [5, 5.41) is 0. The maximum atomic E-state index is 4.69. The molecule has 0 spiro atoms. The largest absolute Gasteiger partial charge is 0.369 e. The summed E-state index contributed by atoms with van der Waals surface area (Å²) in [5.41, 5.74) is 4.30. The molecule has 1 aromatic heterocycles. The molecule has 0 amide bonds. The van der Waals surface area contributed by atoms with E-state index in [1.54, 1.807) is 12.4 Å². The molecule has 4 nitrogen and oxygen atoms in total. The van der Waals surface area contributed by atoms with Gasteiger partial charge in [0.15, 0.2) is 0 Å². The molecule has 1 aromatic carbocycles. The molecule has 126 valence electrons. The number of thiol groups is 2. The van der Waals surface area contributed by atoms with Crippen molar-refractivity contribution in [3.05, 3.63) is 54.4 Å². The van der Waals surface area contributed by atoms with E-state index >= 15 is 0 Å². The monoisotopic (exact) mass is 358 g/mol. The minimum Gasteiger partial charge on any atom is -0.369 e. The van der Waals surface area contributed by atoms with Crippen LogP contribution in [0.25, 0.3) is 0 Å². The summed E-state index contributed by atoms with van der Waals surface area (Å²) in [5.74, 6) is 0. The molecule has 1 aliphatic heterocycles. The summed E-state index contributed by atoms with van der Waals surface area (Å²) >= 11 is 8.77. The first-order chi connectivity index (χ1) is 11.6. The molecular formula is C18H22N4S2. The lowest BCUT2D eigenvalue weighted by molar-refractivity contribution is 0.287. The highest BCUT2D eigenvalue weighted by atomic mass is 32.2. The fraction of sp³-hybridized carbons (Fsp3) is 0.333. The van der Waals surface area contributed by atoms with Crippen molar-refractivity contribution in [2.24, 2.45) is 4.99 Å². The summed E-state index contributed by atoms with van der Waals surface area (Å²) in [6.07, 6.45) is 3.58. The molecule has 24 heavy (non-hydrogen) atoms. The highest BCUT2D eigenvalue weighted by Crippen LogP contribution is 2.23. The van der Waals surface area contributed by atoms with Gasteiger partial charge in [-0.2, -0.15) is 0 Å². The zero-order valence-corrected chi connectivity index (χ0v) is 15.5. The van der Waals surface area contributed by atoms with E-state index < -0.39 is 0 Å². The molecule has 0 unspecified atom stereocenters. The van der Waals surface area contributed by atoms with Crippen LogP contribution in [0, 0.1) is 0 Å². The van der Waals surface area contributed by atoms with Crippen LogP contribution < -0.4 is 4.90 Å². The lowest BCUT2D eigenvalue weighted by Crippen LogP contribution is -2.47. The average molecular weight is 359 g/mol. The molecule has 6 heteroatoms. The van der Waals surface area contributed by atoms with Gasteiger partial charge in [-0.15, -0.1) is 25.3 Å². The van der Waals surface area contributed by atoms with Crippen molar-refractivity contribution < 1.29 is 0 Å². The van der Waals surface area contributed by atoms with Crippen LogP contribution in [0.2, 0.25) is 0 Å². The van der Waals surface area contributed by atoms with Crippen molar-refractivity contribution >= 4 is 42.3 Å². The van der Waals surface area contributed by atoms with Crippen LogP contribution in [0.4, 0.5) is 11.4 Å². The molecular weight excluding hydrogens is 336 g/mol. The molecule has 3 rings (SSSR count). The molecule has 0 atom stereocenters. The first-order valence-corrected chi connectivity index (χ1v) is 9.07. The van der Waals surface area contributed by atoms with E-state index in [1.807, 2.05) is 19.1 Å². The topological polar surface area (TPSA) is 31.7 Å². The number of pyridine rings is 1. The zero-order valence-electron chi connectivity index (χ0n) is 13.7. The highest BCUT2D eigenvalue weighted by Gasteiger charge is 2.19. The van der Waals surface area contributed by atoms with Crippen LogP contribution in [0.3, 0.4) is 0 Å². The van der Waals surface area contributed by atoms with Crippen LogP contribution in [0.5, 0.6) is 0 Å². The third kappa shape index (κ3) is 4.32. The molecule has 1 aliphatic rings. The Labute approximate surface area is 154 Å². The van der Waals surface area contributed by atoms with Crippen LogP contribution in [-0.4, -0.2) is 46.5 Å². The highest BCUT2D eigenvalue weighted by molar-refractivity contribution is 7.99. The minimum atomic E-state index is 0.0278. The Balaban J connectivity index is 1.66. The Morgan fingerprint density at radius 3 is 2.21 bits per heavy atom. The summed E-state index contributed by atoms with van der Waals surface area (Å²) in [7, 11) is 0. The SMILES string of the molecule is CC(=Nc1ccc(N2CCN(C(S)S)CC2)cc1)c1ccncc1. The van der Waals surface area contributed by atoms with Crippen molar-refractivity contribution in [2.75, 3.05) is 31.1 Å². The summed E-state index contributed by atoms with van der Waals surface area (Å²) in [6.45, 7) is 5.98. The van der Waals surface area contributed by atoms with E-state index in [9.17, 15) is 0 Å². The molecule has 0 radical (unpaired) electrons. The summed E-state index contributed by atoms with van der Waals surface area (Å²) < 4.78 is 0.0278. The fourth-order valence-corrected chi connectivity index (χ4v) is 3.26. The van der Waals surface area contributed by atoms with E-state index in [1.165, 1.54) is 5.69 Å². The Hall–Kier alpha value is -1.50. The van der Waals surface area contributed by atoms with Gasteiger partial charge in [0.25, 0.3) is 0 Å². The van der Waals surface area contributed by atoms with Gasteiger partial charge in [0, 0.05) is 50.0 Å². The van der Waals surface area contributed by atoms with Gasteiger partial charge in [0.05, 0.1) is 10.4 Å². The van der Waals surface area contributed by atoms with Gasteiger partial charge < -0.3 is 4.90 Å². The maximum Gasteiger partial charge on any atom is 0.0970 e. The number of hydrogen-bond donors (Lipinski definition) is 2. The number of aliphatic imine (C=N–C) groups is 1. The number of piperazine rings is 1. The third-order valence-corrected chi connectivity index (χ3v) is 4.90. The van der Waals surface area contributed by atoms with E-state index in [0.29, 0.717) is 0 Å². The van der Waals surface area contributed by atoms with Crippen LogP contribution in [0.1, 0.15) is 12.5 Å². The molecule has 0 N–H and O–H groups in total. The lowest BCUT2D eigenvalue weighted by Gasteiger charge is -2.37. The lowest BCUT2D eigenvalue weighted by atomic mass is 10.2. The molecule has 0 bridgehead atoms. The van der Waals surface area contributed by atoms with Crippen molar-refractivity contribution in [3.63, 3.8) is 0 Å². The van der Waals surface area contributed by atoms with Crippen molar-refractivity contribution in [3.8, 4) is 0 Å². The second-order valence-corrected chi connectivity index (χ2v) is 7.20. The second-order valence-electron chi connectivity index (χ2n) is 5.82. The maximum absolute atomic E-state index is 4.69. The normalized spacial score (nSPS) is 16.7. The number of nitrogens with zero attached hydrogens (tertiary/aromatic N) is 4. The summed E-state index contributed by atoms with van der Waals surface area (Å²) in [4.78, 5) is 13.4. The van der Waals surface area contributed by atoms with Crippen LogP contribution >= 0.6 is 25.3 Å². The van der Waals surface area contributed by atoms with Gasteiger partial charge in [0.1, 0.15) is 0 Å². The number of rotatable bonds is 4. The van der Waals surface area contributed by atoms with E-state index in [-0.39, 0.29) is 4.71 Å². The Kier molecular flexibility index (Phi) is 5.81. The van der Waals surface area contributed by atoms with E-state index in [4.69, 9.17) is 4.99 Å². The van der Waals surface area contributed by atoms with Gasteiger partial charge in [-0.05, 0) is 48.9 Å². The van der Waals surface area contributed by atoms with Gasteiger partial charge in [-0.3, -0.25) is 14.9 Å². The average Bonchev–Trinajstić information content (AvgIpc) is 2.63. The standard InChI is InChI=1S/C18H22N4S2/c1-14(15-6-8-19-9-7-15)20-16-2-4-17(5-3-16)21-10-12-22(13-11-21)18(23)24/h2-9,18,23-24H,10-13H2,1H3. The van der Waals surface area contributed by atoms with Gasteiger partial charge >= 0.3 is 0 Å². The molecule has 2 aromatic rings. The quantitative estimate of drug-likeness (QED) is 0.498. The number of aromatic nitrogens is 1. The fourth-order valence-electron chi connectivity index (χ4n) is 2.80. The zero-order chi connectivity index (χ0) is 16.9. The third-order valence-electron chi connectivity index (χ3n) is 4.25. The predicted molar refractivity (Wildman–Crippen MR) is 108 cm³/mol. The molecule has 1 fully saturated rings. The number of benzene rings is 1. The second kappa shape index (κ2) is 8.05. The first-order valence-electron chi connectivity index (χ1n) is 8.04. The van der Waals surface area contributed by atoms with Gasteiger partial charge in [0.2, 0.25) is 0 Å². The molecule has 2 heterocycles. The first kappa shape index (κ1) is 17.3. The van der Waals surface area contributed by atoms with Crippen LogP contribution in [-0.2, 0) is 0 Å². The Morgan fingerprint density at radius 1 is 1.00 bits per heavy atom. The van der Waals surface area contributed by atoms with E-state index in [2.05, 4.69) is 64.3 Å². The molecule has 0 aliphatic carbocycles. The number of anilines is 1. The molecule has 0 saturated carbocycles. The minimum absolute atomic E-state index is 0.0278. The van der Waals surface area contributed by atoms with Gasteiger partial charge in [-0.25, -0.2) is 0 Å². The van der Waals surface area contributed by atoms with E-state index in [0.717, 1.165) is 43.1 Å². The van der Waals surface area contributed by atoms with Crippen molar-refractivity contribution in [2.45, 2.75) is 11.6 Å². The van der Waals surface area contributed by atoms with Crippen molar-refractivity contribution in [1.29, 1.82) is 0 Å². The smallest absolute Gasteiger partial charge is 0.0970 e. The molecule has 1 saturated heterocycles. The van der Waals surface area contributed by atoms with Crippen molar-refractivity contribution in [1.82, 2.24) is 9.88 Å². The van der Waals surface area contributed by atoms with Gasteiger partial charge in [-0.1, -0.05) is 0 Å². The summed E-state index contributed by atoms with van der Waals surface area (Å²) in [6, 6.07) is 12.4. The predicted octanol–water partition coefficient (Wildman–Crippen LogP) is 3.49. The Morgan fingerprint density at radius 2 is 1.62 bits per heavy atom. The number of hydrogen-bond acceptors (Lipinski definition) is 6.